The zero-order valence-electron chi connectivity index (χ0n) is 12.2. The lowest BCUT2D eigenvalue weighted by molar-refractivity contribution is -0.131. The summed E-state index contributed by atoms with van der Waals surface area (Å²) >= 11 is 0. The minimum atomic E-state index is -3.08. The van der Waals surface area contributed by atoms with Gasteiger partial charge in [0.05, 0.1) is 11.2 Å². The summed E-state index contributed by atoms with van der Waals surface area (Å²) in [5.74, 6) is 0.147. The number of nitrogens with one attached hydrogen (secondary N) is 1. The van der Waals surface area contributed by atoms with Gasteiger partial charge in [-0.25, -0.2) is 12.7 Å². The molecule has 1 rings (SSSR count). The maximum atomic E-state index is 12.1. The fourth-order valence-electron chi connectivity index (χ4n) is 2.38. The normalized spacial score (nSPS) is 18.6. The van der Waals surface area contributed by atoms with Gasteiger partial charge in [0.1, 0.15) is 0 Å². The highest BCUT2D eigenvalue weighted by Crippen LogP contribution is 2.24. The number of carbonyl (C=O) groups is 1. The average molecular weight is 328 g/mol. The number of nitrogens with two attached hydrogens (primary N) is 1. The summed E-state index contributed by atoms with van der Waals surface area (Å²) in [5.41, 5.74) is 5.18. The first kappa shape index (κ1) is 19.6. The van der Waals surface area contributed by atoms with E-state index in [9.17, 15) is 13.2 Å². The molecular formula is C12H26ClN3O3S. The van der Waals surface area contributed by atoms with Gasteiger partial charge in [-0.05, 0) is 19.3 Å². The standard InChI is InChI=1S/C12H25N3O3S.ClH/c1-3-12(4-2,10-13)11(16)14-6-8-15-7-5-9-19(15,17)18;/h3-10,13H2,1-2H3,(H,14,16);1H. The Kier molecular flexibility index (Phi) is 8.01. The molecule has 0 bridgehead atoms. The summed E-state index contributed by atoms with van der Waals surface area (Å²) in [6.45, 7) is 5.46. The molecule has 0 aromatic rings. The van der Waals surface area contributed by atoms with E-state index in [-0.39, 0.29) is 24.1 Å². The highest BCUT2D eigenvalue weighted by molar-refractivity contribution is 7.89. The Bertz CT molecular complexity index is 402. The molecule has 20 heavy (non-hydrogen) atoms. The summed E-state index contributed by atoms with van der Waals surface area (Å²) < 4.78 is 24.6. The molecule has 1 fully saturated rings. The molecule has 0 spiro atoms. The smallest absolute Gasteiger partial charge is 0.227 e. The van der Waals surface area contributed by atoms with Crippen molar-refractivity contribution >= 4 is 28.3 Å². The molecule has 1 aliphatic heterocycles. The van der Waals surface area contributed by atoms with Crippen LogP contribution in [-0.4, -0.2) is 50.6 Å². The number of hydrogen-bond acceptors (Lipinski definition) is 4. The van der Waals surface area contributed by atoms with Gasteiger partial charge < -0.3 is 11.1 Å². The fraction of sp³-hybridized carbons (Fsp3) is 0.917. The van der Waals surface area contributed by atoms with Gasteiger partial charge in [0.2, 0.25) is 15.9 Å². The number of rotatable bonds is 7. The van der Waals surface area contributed by atoms with Gasteiger partial charge >= 0.3 is 0 Å². The lowest BCUT2D eigenvalue weighted by atomic mass is 9.81. The summed E-state index contributed by atoms with van der Waals surface area (Å²) in [5, 5.41) is 2.82. The second kappa shape index (κ2) is 8.17. The minimum Gasteiger partial charge on any atom is -0.354 e. The van der Waals surface area contributed by atoms with Crippen LogP contribution in [0.15, 0.2) is 0 Å². The monoisotopic (exact) mass is 327 g/mol. The van der Waals surface area contributed by atoms with Gasteiger partial charge in [0, 0.05) is 26.2 Å². The number of amides is 1. The van der Waals surface area contributed by atoms with Crippen LogP contribution in [0.25, 0.3) is 0 Å². The van der Waals surface area contributed by atoms with Crippen LogP contribution in [0.1, 0.15) is 33.1 Å². The van der Waals surface area contributed by atoms with E-state index < -0.39 is 15.4 Å². The van der Waals surface area contributed by atoms with E-state index in [1.807, 2.05) is 13.8 Å². The lowest BCUT2D eigenvalue weighted by Gasteiger charge is -2.28. The summed E-state index contributed by atoms with van der Waals surface area (Å²) in [7, 11) is -3.08. The predicted octanol–water partition coefficient (Wildman–Crippen LogP) is 0.325. The average Bonchev–Trinajstić information content (AvgIpc) is 2.72. The van der Waals surface area contributed by atoms with Crippen molar-refractivity contribution in [2.45, 2.75) is 33.1 Å². The molecule has 0 aliphatic carbocycles. The molecule has 8 heteroatoms. The van der Waals surface area contributed by atoms with Crippen LogP contribution in [0, 0.1) is 5.41 Å². The first-order valence-electron chi connectivity index (χ1n) is 6.88. The van der Waals surface area contributed by atoms with Gasteiger partial charge in [0.15, 0.2) is 0 Å². The molecule has 0 radical (unpaired) electrons. The molecule has 0 aromatic carbocycles. The maximum absolute atomic E-state index is 12.1. The molecule has 1 heterocycles. The van der Waals surface area contributed by atoms with Crippen molar-refractivity contribution in [3.63, 3.8) is 0 Å². The van der Waals surface area contributed by atoms with Gasteiger partial charge in [-0.1, -0.05) is 13.8 Å². The van der Waals surface area contributed by atoms with E-state index in [0.29, 0.717) is 45.4 Å². The van der Waals surface area contributed by atoms with Crippen molar-refractivity contribution in [2.75, 3.05) is 31.9 Å². The fourth-order valence-corrected chi connectivity index (χ4v) is 3.91. The predicted molar refractivity (Wildman–Crippen MR) is 82.3 cm³/mol. The van der Waals surface area contributed by atoms with Crippen molar-refractivity contribution in [2.24, 2.45) is 11.1 Å². The number of hydrogen-bond donors (Lipinski definition) is 2. The van der Waals surface area contributed by atoms with Crippen molar-refractivity contribution in [3.05, 3.63) is 0 Å². The molecule has 0 atom stereocenters. The van der Waals surface area contributed by atoms with Crippen LogP contribution in [0.4, 0.5) is 0 Å². The Hall–Kier alpha value is -0.370. The van der Waals surface area contributed by atoms with Crippen LogP contribution in [0.2, 0.25) is 0 Å². The number of sulfonamides is 1. The summed E-state index contributed by atoms with van der Waals surface area (Å²) in [4.78, 5) is 12.1. The van der Waals surface area contributed by atoms with E-state index in [4.69, 9.17) is 5.73 Å². The molecule has 120 valence electrons. The van der Waals surface area contributed by atoms with E-state index in [2.05, 4.69) is 5.32 Å². The van der Waals surface area contributed by atoms with Gasteiger partial charge in [0.25, 0.3) is 0 Å². The molecule has 3 N–H and O–H groups in total. The van der Waals surface area contributed by atoms with E-state index >= 15 is 0 Å². The SMILES string of the molecule is CCC(CC)(CN)C(=O)NCCN1CCCS1(=O)=O.Cl. The van der Waals surface area contributed by atoms with Crippen LogP contribution in [0.5, 0.6) is 0 Å². The molecule has 6 nitrogen and oxygen atoms in total. The largest absolute Gasteiger partial charge is 0.354 e. The Morgan fingerprint density at radius 1 is 1.35 bits per heavy atom. The topological polar surface area (TPSA) is 92.5 Å². The van der Waals surface area contributed by atoms with Crippen molar-refractivity contribution in [3.8, 4) is 0 Å². The van der Waals surface area contributed by atoms with Crippen molar-refractivity contribution in [1.82, 2.24) is 9.62 Å². The van der Waals surface area contributed by atoms with Gasteiger partial charge in [-0.3, -0.25) is 4.79 Å². The maximum Gasteiger partial charge on any atom is 0.227 e. The third kappa shape index (κ3) is 4.31. The molecule has 0 saturated carbocycles. The molecule has 0 unspecified atom stereocenters. The Balaban J connectivity index is 0.00000361. The number of nitrogens with zero attached hydrogens (tertiary/aromatic N) is 1. The number of carbonyl (C=O) groups excluding carboxylic acids is 1. The molecule has 0 aromatic heterocycles. The van der Waals surface area contributed by atoms with Gasteiger partial charge in [-0.15, -0.1) is 12.4 Å². The molecule has 1 aliphatic rings. The Morgan fingerprint density at radius 3 is 2.35 bits per heavy atom. The minimum absolute atomic E-state index is 0. The summed E-state index contributed by atoms with van der Waals surface area (Å²) in [6, 6.07) is 0. The second-order valence-corrected chi connectivity index (χ2v) is 7.10. The van der Waals surface area contributed by atoms with Crippen LogP contribution >= 0.6 is 12.4 Å². The van der Waals surface area contributed by atoms with Crippen LogP contribution in [0.3, 0.4) is 0 Å². The molecule has 1 amide bonds. The zero-order chi connectivity index (χ0) is 14.5. The van der Waals surface area contributed by atoms with Gasteiger partial charge in [-0.2, -0.15) is 0 Å². The van der Waals surface area contributed by atoms with Crippen molar-refractivity contribution < 1.29 is 13.2 Å². The highest BCUT2D eigenvalue weighted by Gasteiger charge is 2.33. The van der Waals surface area contributed by atoms with Crippen LogP contribution in [-0.2, 0) is 14.8 Å². The highest BCUT2D eigenvalue weighted by atomic mass is 35.5. The number of halogens is 1. The van der Waals surface area contributed by atoms with Crippen molar-refractivity contribution in [1.29, 1.82) is 0 Å². The second-order valence-electron chi connectivity index (χ2n) is 5.02. The third-order valence-corrected chi connectivity index (χ3v) is 6.03. The van der Waals surface area contributed by atoms with E-state index in [1.165, 1.54) is 4.31 Å². The van der Waals surface area contributed by atoms with Crippen LogP contribution < -0.4 is 11.1 Å². The first-order chi connectivity index (χ1) is 8.91. The zero-order valence-corrected chi connectivity index (χ0v) is 13.9. The Morgan fingerprint density at radius 2 is 1.95 bits per heavy atom. The molecule has 1 saturated heterocycles. The lowest BCUT2D eigenvalue weighted by Crippen LogP contribution is -2.47. The Labute approximate surface area is 127 Å². The molecular weight excluding hydrogens is 302 g/mol. The quantitative estimate of drug-likeness (QED) is 0.704. The van der Waals surface area contributed by atoms with E-state index in [1.54, 1.807) is 0 Å². The first-order valence-corrected chi connectivity index (χ1v) is 8.49. The third-order valence-electron chi connectivity index (χ3n) is 4.08. The summed E-state index contributed by atoms with van der Waals surface area (Å²) in [6.07, 6.45) is 2.05. The van der Waals surface area contributed by atoms with E-state index in [0.717, 1.165) is 0 Å².